The Morgan fingerprint density at radius 2 is 1.61 bits per heavy atom. The predicted molar refractivity (Wildman–Crippen MR) is 49.3 cm³/mol. The molecule has 0 heterocycles. The lowest BCUT2D eigenvalue weighted by Gasteiger charge is -2.15. The van der Waals surface area contributed by atoms with Gasteiger partial charge in [0.25, 0.3) is 0 Å². The van der Waals surface area contributed by atoms with Crippen LogP contribution in [0.1, 0.15) is 12.5 Å². The number of benzene rings is 1. The van der Waals surface area contributed by atoms with Crippen LogP contribution in [0.4, 0.5) is 26.3 Å². The van der Waals surface area contributed by atoms with Crippen LogP contribution in [0, 0.1) is 0 Å². The summed E-state index contributed by atoms with van der Waals surface area (Å²) in [5.74, 6) is -1.41. The van der Waals surface area contributed by atoms with Crippen LogP contribution >= 0.6 is 0 Å². The number of halogens is 6. The van der Waals surface area contributed by atoms with Gasteiger partial charge in [-0.1, -0.05) is 0 Å². The molecule has 0 amide bonds. The summed E-state index contributed by atoms with van der Waals surface area (Å²) in [4.78, 5) is 0. The van der Waals surface area contributed by atoms with Crippen LogP contribution in [0.3, 0.4) is 0 Å². The first-order valence-electron chi connectivity index (χ1n) is 4.73. The van der Waals surface area contributed by atoms with Crippen LogP contribution in [0.15, 0.2) is 18.2 Å². The first-order valence-corrected chi connectivity index (χ1v) is 4.73. The topological polar surface area (TPSA) is 18.5 Å². The van der Waals surface area contributed by atoms with Crippen molar-refractivity contribution in [2.75, 3.05) is 6.61 Å². The van der Waals surface area contributed by atoms with Gasteiger partial charge in [0.1, 0.15) is 0 Å². The van der Waals surface area contributed by atoms with Crippen molar-refractivity contribution in [2.45, 2.75) is 19.5 Å². The van der Waals surface area contributed by atoms with Gasteiger partial charge in [-0.25, -0.2) is 0 Å². The van der Waals surface area contributed by atoms with E-state index in [1.54, 1.807) is 0 Å². The van der Waals surface area contributed by atoms with E-state index < -0.39 is 29.6 Å². The highest BCUT2D eigenvalue weighted by atomic mass is 19.4. The van der Waals surface area contributed by atoms with E-state index in [9.17, 15) is 26.3 Å². The Morgan fingerprint density at radius 3 is 2.06 bits per heavy atom. The molecule has 0 bridgehead atoms. The summed E-state index contributed by atoms with van der Waals surface area (Å²) < 4.78 is 81.3. The predicted octanol–water partition coefficient (Wildman–Crippen LogP) is 4.00. The fourth-order valence-electron chi connectivity index (χ4n) is 1.16. The fourth-order valence-corrected chi connectivity index (χ4v) is 1.16. The molecule has 0 atom stereocenters. The number of rotatable bonds is 3. The first-order chi connectivity index (χ1) is 8.13. The van der Waals surface area contributed by atoms with Crippen molar-refractivity contribution in [1.82, 2.24) is 0 Å². The van der Waals surface area contributed by atoms with Gasteiger partial charge in [0.15, 0.2) is 11.5 Å². The van der Waals surface area contributed by atoms with Crippen molar-refractivity contribution in [3.05, 3.63) is 23.8 Å². The van der Waals surface area contributed by atoms with Gasteiger partial charge >= 0.3 is 12.5 Å². The standard InChI is InChI=1S/C10H8F6O2/c1-2-17-8-5-6(9(11,12)13)3-4-7(8)18-10(14,15)16/h3-5H,2H2,1H3. The minimum absolute atomic E-state index is 0.0878. The average Bonchev–Trinajstić information content (AvgIpc) is 2.17. The number of hydrogen-bond donors (Lipinski definition) is 0. The summed E-state index contributed by atoms with van der Waals surface area (Å²) in [7, 11) is 0. The molecule has 0 aromatic heterocycles. The van der Waals surface area contributed by atoms with Crippen LogP contribution in [0.2, 0.25) is 0 Å². The summed E-state index contributed by atoms with van der Waals surface area (Å²) in [6, 6.07) is 1.52. The maximum absolute atomic E-state index is 12.4. The molecule has 0 fully saturated rings. The molecular formula is C10H8F6O2. The zero-order valence-electron chi connectivity index (χ0n) is 9.02. The highest BCUT2D eigenvalue weighted by Gasteiger charge is 2.35. The van der Waals surface area contributed by atoms with Crippen molar-refractivity contribution in [3.8, 4) is 11.5 Å². The summed E-state index contributed by atoms with van der Waals surface area (Å²) in [6.45, 7) is 1.34. The zero-order valence-corrected chi connectivity index (χ0v) is 9.02. The Balaban J connectivity index is 3.12. The lowest BCUT2D eigenvalue weighted by atomic mass is 10.2. The van der Waals surface area contributed by atoms with Crippen LogP contribution in [0.5, 0.6) is 11.5 Å². The molecule has 1 rings (SSSR count). The molecule has 1 aromatic rings. The molecule has 0 saturated carbocycles. The highest BCUT2D eigenvalue weighted by Crippen LogP contribution is 2.38. The maximum Gasteiger partial charge on any atom is 0.573 e. The monoisotopic (exact) mass is 274 g/mol. The fraction of sp³-hybridized carbons (Fsp3) is 0.400. The van der Waals surface area contributed by atoms with Crippen molar-refractivity contribution in [2.24, 2.45) is 0 Å². The third kappa shape index (κ3) is 4.01. The minimum Gasteiger partial charge on any atom is -0.490 e. The van der Waals surface area contributed by atoms with Gasteiger partial charge in [0.05, 0.1) is 12.2 Å². The summed E-state index contributed by atoms with van der Waals surface area (Å²) >= 11 is 0. The third-order valence-corrected chi connectivity index (χ3v) is 1.80. The van der Waals surface area contributed by atoms with E-state index in [0.29, 0.717) is 18.2 Å². The largest absolute Gasteiger partial charge is 0.573 e. The Hall–Kier alpha value is -1.60. The second kappa shape index (κ2) is 4.95. The summed E-state index contributed by atoms with van der Waals surface area (Å²) in [5, 5.41) is 0. The quantitative estimate of drug-likeness (QED) is 0.775. The van der Waals surface area contributed by atoms with E-state index in [2.05, 4.69) is 4.74 Å². The zero-order chi connectivity index (χ0) is 14.0. The Kier molecular flexibility index (Phi) is 3.98. The molecular weight excluding hydrogens is 266 g/mol. The Morgan fingerprint density at radius 1 is 1.00 bits per heavy atom. The maximum atomic E-state index is 12.4. The van der Waals surface area contributed by atoms with E-state index in [1.165, 1.54) is 6.92 Å². The molecule has 102 valence electrons. The minimum atomic E-state index is -4.99. The number of ether oxygens (including phenoxy) is 2. The van der Waals surface area contributed by atoms with E-state index in [4.69, 9.17) is 4.74 Å². The van der Waals surface area contributed by atoms with Crippen LogP contribution in [-0.2, 0) is 6.18 Å². The second-order valence-electron chi connectivity index (χ2n) is 3.14. The summed E-state index contributed by atoms with van der Waals surface area (Å²) in [5.41, 5.74) is -1.11. The first kappa shape index (κ1) is 14.5. The van der Waals surface area contributed by atoms with E-state index >= 15 is 0 Å². The summed E-state index contributed by atoms with van der Waals surface area (Å²) in [6.07, 6.45) is -9.66. The normalized spacial score (nSPS) is 12.4. The van der Waals surface area contributed by atoms with Crippen molar-refractivity contribution in [3.63, 3.8) is 0 Å². The molecule has 0 radical (unpaired) electrons. The lowest BCUT2D eigenvalue weighted by molar-refractivity contribution is -0.275. The highest BCUT2D eigenvalue weighted by molar-refractivity contribution is 5.44. The molecule has 0 aliphatic rings. The van der Waals surface area contributed by atoms with E-state index in [1.807, 2.05) is 0 Å². The molecule has 0 saturated heterocycles. The van der Waals surface area contributed by atoms with E-state index in [-0.39, 0.29) is 6.61 Å². The van der Waals surface area contributed by atoms with Gasteiger partial charge in [-0.15, -0.1) is 13.2 Å². The van der Waals surface area contributed by atoms with Gasteiger partial charge in [-0.3, -0.25) is 0 Å². The Bertz CT molecular complexity index is 410. The Labute approximate surface area is 98.1 Å². The van der Waals surface area contributed by atoms with Crippen LogP contribution in [-0.4, -0.2) is 13.0 Å². The molecule has 0 aliphatic heterocycles. The molecule has 1 aromatic carbocycles. The molecule has 0 spiro atoms. The second-order valence-corrected chi connectivity index (χ2v) is 3.14. The van der Waals surface area contributed by atoms with Crippen molar-refractivity contribution >= 4 is 0 Å². The lowest BCUT2D eigenvalue weighted by Crippen LogP contribution is -2.18. The van der Waals surface area contributed by atoms with Crippen LogP contribution < -0.4 is 9.47 Å². The molecule has 0 unspecified atom stereocenters. The van der Waals surface area contributed by atoms with Crippen LogP contribution in [0.25, 0.3) is 0 Å². The third-order valence-electron chi connectivity index (χ3n) is 1.80. The number of alkyl halides is 6. The van der Waals surface area contributed by atoms with Gasteiger partial charge in [0.2, 0.25) is 0 Å². The van der Waals surface area contributed by atoms with Crippen molar-refractivity contribution < 1.29 is 35.8 Å². The van der Waals surface area contributed by atoms with E-state index in [0.717, 1.165) is 0 Å². The van der Waals surface area contributed by atoms with Crippen molar-refractivity contribution in [1.29, 1.82) is 0 Å². The molecule has 8 heteroatoms. The SMILES string of the molecule is CCOc1cc(C(F)(F)F)ccc1OC(F)(F)F. The van der Waals surface area contributed by atoms with Gasteiger partial charge in [-0.2, -0.15) is 13.2 Å². The van der Waals surface area contributed by atoms with Gasteiger partial charge < -0.3 is 9.47 Å². The van der Waals surface area contributed by atoms with Gasteiger partial charge in [0, 0.05) is 0 Å². The number of hydrogen-bond acceptors (Lipinski definition) is 2. The smallest absolute Gasteiger partial charge is 0.490 e. The molecule has 0 aliphatic carbocycles. The average molecular weight is 274 g/mol. The molecule has 18 heavy (non-hydrogen) atoms. The molecule has 2 nitrogen and oxygen atoms in total. The van der Waals surface area contributed by atoms with Gasteiger partial charge in [-0.05, 0) is 25.1 Å². The molecule has 0 N–H and O–H groups in total.